The Kier molecular flexibility index (Phi) is 6.12. The number of pyridine rings is 1. The number of amides is 1. The van der Waals surface area contributed by atoms with Crippen molar-refractivity contribution in [3.8, 4) is 0 Å². The minimum atomic E-state index is -0.360. The van der Waals surface area contributed by atoms with Gasteiger partial charge in [0.05, 0.1) is 23.6 Å². The third-order valence-electron chi connectivity index (χ3n) is 4.58. The smallest absolute Gasteiger partial charge is 0.267 e. The summed E-state index contributed by atoms with van der Waals surface area (Å²) in [4.78, 5) is 32.2. The Hall–Kier alpha value is -3.08. The molecule has 3 aromatic rings. The normalized spacial score (nSPS) is 15.3. The van der Waals surface area contributed by atoms with Crippen LogP contribution in [0.5, 0.6) is 0 Å². The van der Waals surface area contributed by atoms with E-state index in [4.69, 9.17) is 17.3 Å². The Morgan fingerprint density at radius 1 is 1.19 bits per heavy atom. The molecule has 3 heterocycles. The van der Waals surface area contributed by atoms with Crippen LogP contribution in [-0.2, 0) is 11.3 Å². The van der Waals surface area contributed by atoms with Gasteiger partial charge in [-0.3, -0.25) is 18.9 Å². The molecule has 1 amide bonds. The molecule has 10 heteroatoms. The van der Waals surface area contributed by atoms with Crippen molar-refractivity contribution in [1.82, 2.24) is 14.3 Å². The van der Waals surface area contributed by atoms with Gasteiger partial charge >= 0.3 is 0 Å². The number of nitrogens with zero attached hydrogens (tertiary/aromatic N) is 3. The molecule has 158 valence electrons. The van der Waals surface area contributed by atoms with Gasteiger partial charge in [0.15, 0.2) is 0 Å². The minimum Gasteiger partial charge on any atom is -0.395 e. The molecule has 0 spiro atoms. The van der Waals surface area contributed by atoms with Crippen molar-refractivity contribution in [3.63, 3.8) is 0 Å². The predicted molar refractivity (Wildman–Crippen MR) is 122 cm³/mol. The topological polar surface area (TPSA) is 86.9 Å². The highest BCUT2D eigenvalue weighted by Crippen LogP contribution is 2.34. The van der Waals surface area contributed by atoms with Crippen LogP contribution in [-0.4, -0.2) is 42.8 Å². The van der Waals surface area contributed by atoms with Crippen molar-refractivity contribution < 1.29 is 14.3 Å². The highest BCUT2D eigenvalue weighted by molar-refractivity contribution is 8.26. The second kappa shape index (κ2) is 8.96. The lowest BCUT2D eigenvalue weighted by molar-refractivity contribution is -0.122. The SMILES string of the molecule is O=C1/C(=C\c2c(NCCO)nc3ccccn3c2=O)SC(=S)N1Cc1ccc(F)cc1. The number of fused-ring (bicyclic) bond motifs is 1. The van der Waals surface area contributed by atoms with Crippen molar-refractivity contribution in [2.75, 3.05) is 18.5 Å². The number of nitrogens with one attached hydrogen (secondary N) is 1. The maximum absolute atomic E-state index is 13.2. The molecule has 2 N–H and O–H groups in total. The maximum Gasteiger partial charge on any atom is 0.267 e. The van der Waals surface area contributed by atoms with Gasteiger partial charge in [-0.05, 0) is 35.9 Å². The quantitative estimate of drug-likeness (QED) is 0.436. The Balaban J connectivity index is 1.71. The number of halogens is 1. The summed E-state index contributed by atoms with van der Waals surface area (Å²) in [7, 11) is 0. The number of aliphatic hydroxyl groups excluding tert-OH is 1. The number of hydrogen-bond acceptors (Lipinski definition) is 7. The molecule has 0 radical (unpaired) electrons. The molecule has 0 saturated carbocycles. The van der Waals surface area contributed by atoms with Gasteiger partial charge in [-0.15, -0.1) is 0 Å². The number of thioether (sulfide) groups is 1. The fourth-order valence-electron chi connectivity index (χ4n) is 3.08. The lowest BCUT2D eigenvalue weighted by Crippen LogP contribution is -2.27. The van der Waals surface area contributed by atoms with E-state index < -0.39 is 0 Å². The van der Waals surface area contributed by atoms with E-state index in [0.717, 1.165) is 17.3 Å². The van der Waals surface area contributed by atoms with Crippen molar-refractivity contribution in [2.24, 2.45) is 0 Å². The first-order valence-electron chi connectivity index (χ1n) is 9.34. The summed E-state index contributed by atoms with van der Waals surface area (Å²) in [5.41, 5.74) is 1.01. The number of aromatic nitrogens is 2. The van der Waals surface area contributed by atoms with Crippen LogP contribution in [0.4, 0.5) is 10.2 Å². The number of thiocarbonyl (C=S) groups is 1. The van der Waals surface area contributed by atoms with Gasteiger partial charge in [-0.2, -0.15) is 0 Å². The van der Waals surface area contributed by atoms with E-state index in [9.17, 15) is 14.0 Å². The van der Waals surface area contributed by atoms with Crippen LogP contribution in [0.25, 0.3) is 11.7 Å². The summed E-state index contributed by atoms with van der Waals surface area (Å²) in [5.74, 6) is -0.430. The zero-order chi connectivity index (χ0) is 22.0. The molecule has 0 bridgehead atoms. The van der Waals surface area contributed by atoms with Gasteiger partial charge < -0.3 is 10.4 Å². The van der Waals surface area contributed by atoms with Crippen molar-refractivity contribution >= 4 is 51.7 Å². The third-order valence-corrected chi connectivity index (χ3v) is 5.95. The molecule has 0 unspecified atom stereocenters. The number of benzene rings is 1. The lowest BCUT2D eigenvalue weighted by Gasteiger charge is -2.14. The van der Waals surface area contributed by atoms with Crippen LogP contribution in [0.15, 0.2) is 58.4 Å². The highest BCUT2D eigenvalue weighted by Gasteiger charge is 2.32. The van der Waals surface area contributed by atoms with Crippen LogP contribution >= 0.6 is 24.0 Å². The molecule has 31 heavy (non-hydrogen) atoms. The molecule has 1 fully saturated rings. The fraction of sp³-hybridized carbons (Fsp3) is 0.143. The first kappa shape index (κ1) is 21.2. The number of carbonyl (C=O) groups is 1. The van der Waals surface area contributed by atoms with Gasteiger partial charge in [0, 0.05) is 12.7 Å². The van der Waals surface area contributed by atoms with Crippen molar-refractivity contribution in [3.05, 3.63) is 80.9 Å². The van der Waals surface area contributed by atoms with Gasteiger partial charge in [0.1, 0.15) is 21.6 Å². The van der Waals surface area contributed by atoms with E-state index in [2.05, 4.69) is 10.3 Å². The van der Waals surface area contributed by atoms with E-state index in [0.29, 0.717) is 9.97 Å². The number of aliphatic hydroxyl groups is 1. The summed E-state index contributed by atoms with van der Waals surface area (Å²) in [6.45, 7) is 0.254. The monoisotopic (exact) mass is 456 g/mol. The third kappa shape index (κ3) is 4.36. The Morgan fingerprint density at radius 2 is 1.97 bits per heavy atom. The molecule has 0 atom stereocenters. The van der Waals surface area contributed by atoms with Gasteiger partial charge in [-0.25, -0.2) is 9.37 Å². The molecule has 1 saturated heterocycles. The summed E-state index contributed by atoms with van der Waals surface area (Å²) in [6.07, 6.45) is 3.07. The largest absolute Gasteiger partial charge is 0.395 e. The molecule has 7 nitrogen and oxygen atoms in total. The molecule has 2 aromatic heterocycles. The first-order chi connectivity index (χ1) is 15.0. The molecule has 1 aliphatic heterocycles. The first-order valence-corrected chi connectivity index (χ1v) is 10.6. The summed E-state index contributed by atoms with van der Waals surface area (Å²) in [6, 6.07) is 11.0. The minimum absolute atomic E-state index is 0.144. The predicted octanol–water partition coefficient (Wildman–Crippen LogP) is 2.64. The van der Waals surface area contributed by atoms with Crippen LogP contribution in [0.1, 0.15) is 11.1 Å². The van der Waals surface area contributed by atoms with E-state index in [1.54, 1.807) is 36.5 Å². The summed E-state index contributed by atoms with van der Waals surface area (Å²) >= 11 is 6.44. The zero-order valence-electron chi connectivity index (χ0n) is 16.1. The van der Waals surface area contributed by atoms with Gasteiger partial charge in [0.25, 0.3) is 11.5 Å². The number of rotatable bonds is 6. The molecular formula is C21H17FN4O3S2. The van der Waals surface area contributed by atoms with Crippen LogP contribution in [0.3, 0.4) is 0 Å². The van der Waals surface area contributed by atoms with Crippen LogP contribution < -0.4 is 10.9 Å². The molecule has 4 rings (SSSR count). The average molecular weight is 457 g/mol. The van der Waals surface area contributed by atoms with E-state index in [-0.39, 0.29) is 53.3 Å². The second-order valence-corrected chi connectivity index (χ2v) is 8.33. The Labute approximate surface area is 186 Å². The number of carbonyl (C=O) groups excluding carboxylic acids is 1. The Morgan fingerprint density at radius 3 is 2.71 bits per heavy atom. The number of anilines is 1. The zero-order valence-corrected chi connectivity index (χ0v) is 17.8. The second-order valence-electron chi connectivity index (χ2n) is 6.65. The van der Waals surface area contributed by atoms with E-state index >= 15 is 0 Å². The van der Waals surface area contributed by atoms with Gasteiger partial charge in [0.2, 0.25) is 0 Å². The fourth-order valence-corrected chi connectivity index (χ4v) is 4.32. The standard InChI is InChI=1S/C21H17FN4O3S2/c22-14-6-4-13(5-7-14)12-26-20(29)16(31-21(26)30)11-15-18(23-8-10-27)24-17-3-1-2-9-25(17)19(15)28/h1-7,9,11,23,27H,8,10,12H2/b16-11+. The average Bonchev–Trinajstić information content (AvgIpc) is 3.03. The summed E-state index contributed by atoms with van der Waals surface area (Å²) < 4.78 is 14.9. The van der Waals surface area contributed by atoms with Crippen molar-refractivity contribution in [1.29, 1.82) is 0 Å². The van der Waals surface area contributed by atoms with E-state index in [1.807, 2.05) is 0 Å². The summed E-state index contributed by atoms with van der Waals surface area (Å²) in [5, 5.41) is 12.1. The van der Waals surface area contributed by atoms with E-state index in [1.165, 1.54) is 27.5 Å². The Bertz CT molecular complexity index is 1260. The maximum atomic E-state index is 13.2. The van der Waals surface area contributed by atoms with Gasteiger partial charge in [-0.1, -0.05) is 42.2 Å². The van der Waals surface area contributed by atoms with Crippen LogP contribution in [0, 0.1) is 5.82 Å². The van der Waals surface area contributed by atoms with Crippen molar-refractivity contribution in [2.45, 2.75) is 6.54 Å². The number of hydrogen-bond donors (Lipinski definition) is 2. The molecule has 1 aliphatic rings. The molecule has 0 aliphatic carbocycles. The highest BCUT2D eigenvalue weighted by atomic mass is 32.2. The molecule has 1 aromatic carbocycles. The lowest BCUT2D eigenvalue weighted by atomic mass is 10.2. The van der Waals surface area contributed by atoms with Crippen LogP contribution in [0.2, 0.25) is 0 Å². The molecular weight excluding hydrogens is 439 g/mol.